The van der Waals surface area contributed by atoms with Gasteiger partial charge >= 0.3 is 5.97 Å². The number of carbonyl (C=O) groups is 1. The summed E-state index contributed by atoms with van der Waals surface area (Å²) in [6.45, 7) is 7.04. The van der Waals surface area contributed by atoms with Gasteiger partial charge in [-0.05, 0) is 44.9 Å². The number of aliphatic hydroxyl groups is 1. The molecule has 0 aliphatic carbocycles. The molecule has 1 heterocycles. The number of carbonyl (C=O) groups excluding carboxylic acids is 1. The first kappa shape index (κ1) is 26.3. The van der Waals surface area contributed by atoms with Crippen LogP contribution in [-0.4, -0.2) is 52.5 Å². The lowest BCUT2D eigenvalue weighted by molar-refractivity contribution is -0.141. The lowest BCUT2D eigenvalue weighted by atomic mass is 10.1. The van der Waals surface area contributed by atoms with Gasteiger partial charge in [-0.3, -0.25) is 4.79 Å². The Balaban J connectivity index is 2.35. The second-order valence-electron chi connectivity index (χ2n) is 8.52. The van der Waals surface area contributed by atoms with Crippen molar-refractivity contribution in [3.05, 3.63) is 46.5 Å². The molecule has 0 bridgehead atoms. The van der Waals surface area contributed by atoms with Crippen molar-refractivity contribution in [2.24, 2.45) is 0 Å². The van der Waals surface area contributed by atoms with Crippen LogP contribution in [0.2, 0.25) is 5.15 Å². The van der Waals surface area contributed by atoms with Crippen LogP contribution in [0.4, 0.5) is 0 Å². The summed E-state index contributed by atoms with van der Waals surface area (Å²) in [7, 11) is -2.71. The summed E-state index contributed by atoms with van der Waals surface area (Å²) in [6, 6.07) is 6.46. The first-order valence-electron chi connectivity index (χ1n) is 10.5. The lowest BCUT2D eigenvalue weighted by Gasteiger charge is -2.33. The van der Waals surface area contributed by atoms with Crippen molar-refractivity contribution in [2.45, 2.75) is 70.5 Å². The van der Waals surface area contributed by atoms with Crippen molar-refractivity contribution in [1.82, 2.24) is 13.9 Å². The predicted molar refractivity (Wildman–Crippen MR) is 123 cm³/mol. The molecule has 0 atom stereocenters. The van der Waals surface area contributed by atoms with Gasteiger partial charge in [-0.15, -0.1) is 0 Å². The third kappa shape index (κ3) is 6.10. The summed E-state index contributed by atoms with van der Waals surface area (Å²) in [6.07, 6.45) is 2.68. The molecule has 8 nitrogen and oxygen atoms in total. The number of nitrogens with zero attached hydrogens (tertiary/aromatic N) is 3. The van der Waals surface area contributed by atoms with E-state index < -0.39 is 21.5 Å². The highest BCUT2D eigenvalue weighted by molar-refractivity contribution is 7.89. The van der Waals surface area contributed by atoms with E-state index in [2.05, 4.69) is 16.6 Å². The highest BCUT2D eigenvalue weighted by Crippen LogP contribution is 2.26. The number of hydrogen-bond acceptors (Lipinski definition) is 6. The van der Waals surface area contributed by atoms with Gasteiger partial charge in [-0.25, -0.2) is 13.4 Å². The molecule has 0 spiro atoms. The van der Waals surface area contributed by atoms with E-state index in [9.17, 15) is 18.3 Å². The zero-order valence-corrected chi connectivity index (χ0v) is 20.8. The molecule has 0 fully saturated rings. The summed E-state index contributed by atoms with van der Waals surface area (Å²) in [5.41, 5.74) is 0.552. The summed E-state index contributed by atoms with van der Waals surface area (Å²) < 4.78 is 34.1. The molecule has 1 aromatic heterocycles. The number of methoxy groups -OCH3 is 1. The lowest BCUT2D eigenvalue weighted by Crippen LogP contribution is -2.48. The van der Waals surface area contributed by atoms with E-state index in [1.807, 2.05) is 4.57 Å². The van der Waals surface area contributed by atoms with Crippen LogP contribution in [0.5, 0.6) is 0 Å². The maximum Gasteiger partial charge on any atom is 0.321 e. The standard InChI is InChI=1S/C22H32ClN3O5S/c1-6-7-8-19-24-21(23)18(15-27)25(19)13-16-9-11-17(12-10-16)32(29,30)26(22(2,3)4)14-20(28)31-5/h9-12,27H,6-8,13-15H2,1-5H3. The van der Waals surface area contributed by atoms with Crippen LogP contribution in [0.25, 0.3) is 0 Å². The van der Waals surface area contributed by atoms with Crippen LogP contribution < -0.4 is 0 Å². The minimum atomic E-state index is -3.93. The van der Waals surface area contributed by atoms with Gasteiger partial charge in [0, 0.05) is 18.5 Å². The maximum absolute atomic E-state index is 13.2. The van der Waals surface area contributed by atoms with Crippen LogP contribution in [0.1, 0.15) is 57.6 Å². The largest absolute Gasteiger partial charge is 0.468 e. The van der Waals surface area contributed by atoms with Gasteiger partial charge in [0.25, 0.3) is 0 Å². The predicted octanol–water partition coefficient (Wildman–Crippen LogP) is 3.38. The number of ether oxygens (including phenoxy) is 1. The molecule has 0 saturated carbocycles. The highest BCUT2D eigenvalue weighted by Gasteiger charge is 2.35. The Morgan fingerprint density at radius 1 is 1.25 bits per heavy atom. The number of aliphatic hydroxyl groups excluding tert-OH is 1. The Labute approximate surface area is 195 Å². The fourth-order valence-corrected chi connectivity index (χ4v) is 5.30. The first-order chi connectivity index (χ1) is 14.9. The smallest absolute Gasteiger partial charge is 0.321 e. The van der Waals surface area contributed by atoms with Crippen LogP contribution in [0, 0.1) is 0 Å². The van der Waals surface area contributed by atoms with E-state index in [0.29, 0.717) is 12.2 Å². The fraction of sp³-hybridized carbons (Fsp3) is 0.545. The Kier molecular flexibility index (Phi) is 8.87. The quantitative estimate of drug-likeness (QED) is 0.517. The van der Waals surface area contributed by atoms with Crippen molar-refractivity contribution in [3.63, 3.8) is 0 Å². The normalized spacial score (nSPS) is 12.4. The van der Waals surface area contributed by atoms with Crippen molar-refractivity contribution in [1.29, 1.82) is 0 Å². The Morgan fingerprint density at radius 3 is 2.38 bits per heavy atom. The van der Waals surface area contributed by atoms with Gasteiger partial charge < -0.3 is 14.4 Å². The number of sulfonamides is 1. The molecule has 178 valence electrons. The Morgan fingerprint density at radius 2 is 1.88 bits per heavy atom. The number of hydrogen-bond donors (Lipinski definition) is 1. The first-order valence-corrected chi connectivity index (χ1v) is 12.3. The fourth-order valence-electron chi connectivity index (χ4n) is 3.31. The molecule has 0 unspecified atom stereocenters. The van der Waals surface area contributed by atoms with Gasteiger partial charge in [-0.1, -0.05) is 37.1 Å². The molecule has 10 heteroatoms. The average Bonchev–Trinajstić information content (AvgIpc) is 3.03. The van der Waals surface area contributed by atoms with Crippen LogP contribution >= 0.6 is 11.6 Å². The van der Waals surface area contributed by atoms with E-state index >= 15 is 0 Å². The minimum Gasteiger partial charge on any atom is -0.468 e. The van der Waals surface area contributed by atoms with E-state index in [4.69, 9.17) is 11.6 Å². The molecule has 0 aliphatic heterocycles. The van der Waals surface area contributed by atoms with Gasteiger partial charge in [-0.2, -0.15) is 4.31 Å². The molecular formula is C22H32ClN3O5S. The molecule has 32 heavy (non-hydrogen) atoms. The van der Waals surface area contributed by atoms with E-state index in [1.54, 1.807) is 32.9 Å². The number of rotatable bonds is 10. The number of aromatic nitrogens is 2. The second kappa shape index (κ2) is 10.8. The zero-order valence-electron chi connectivity index (χ0n) is 19.3. The Hall–Kier alpha value is -1.94. The zero-order chi connectivity index (χ0) is 24.1. The van der Waals surface area contributed by atoms with Gasteiger partial charge in [0.05, 0.1) is 24.3 Å². The van der Waals surface area contributed by atoms with Crippen molar-refractivity contribution < 1.29 is 23.1 Å². The number of unbranched alkanes of at least 4 members (excludes halogenated alkanes) is 1. The minimum absolute atomic E-state index is 0.0809. The topological polar surface area (TPSA) is 102 Å². The number of aryl methyl sites for hydroxylation is 1. The van der Waals surface area contributed by atoms with Gasteiger partial charge in [0.15, 0.2) is 5.15 Å². The summed E-state index contributed by atoms with van der Waals surface area (Å²) in [5.74, 6) is 0.155. The monoisotopic (exact) mass is 485 g/mol. The highest BCUT2D eigenvalue weighted by atomic mass is 35.5. The molecule has 0 aliphatic rings. The molecular weight excluding hydrogens is 454 g/mol. The van der Waals surface area contributed by atoms with Crippen LogP contribution in [0.15, 0.2) is 29.2 Å². The summed E-state index contributed by atoms with van der Waals surface area (Å²) in [4.78, 5) is 16.3. The van der Waals surface area contributed by atoms with Crippen LogP contribution in [-0.2, 0) is 39.1 Å². The van der Waals surface area contributed by atoms with E-state index in [0.717, 1.165) is 35.0 Å². The molecule has 2 rings (SSSR count). The van der Waals surface area contributed by atoms with Gasteiger partial charge in [0.2, 0.25) is 10.0 Å². The summed E-state index contributed by atoms with van der Waals surface area (Å²) >= 11 is 6.20. The van der Waals surface area contributed by atoms with Crippen molar-refractivity contribution in [3.8, 4) is 0 Å². The van der Waals surface area contributed by atoms with Crippen molar-refractivity contribution >= 4 is 27.6 Å². The van der Waals surface area contributed by atoms with E-state index in [1.165, 1.54) is 19.2 Å². The number of halogens is 1. The SMILES string of the molecule is CCCCc1nc(Cl)c(CO)n1Cc1ccc(S(=O)(=O)N(CC(=O)OC)C(C)(C)C)cc1. The molecule has 1 N–H and O–H groups in total. The molecule has 0 saturated heterocycles. The maximum atomic E-state index is 13.2. The van der Waals surface area contributed by atoms with E-state index in [-0.39, 0.29) is 23.2 Å². The third-order valence-corrected chi connectivity index (χ3v) is 7.53. The Bertz CT molecular complexity index is 1030. The number of imidazole rings is 1. The van der Waals surface area contributed by atoms with Crippen LogP contribution in [0.3, 0.4) is 0 Å². The number of benzene rings is 1. The molecule has 1 aromatic carbocycles. The number of esters is 1. The molecule has 0 radical (unpaired) electrons. The molecule has 0 amide bonds. The average molecular weight is 486 g/mol. The summed E-state index contributed by atoms with van der Waals surface area (Å²) in [5, 5.41) is 10.0. The second-order valence-corrected chi connectivity index (χ2v) is 10.7. The van der Waals surface area contributed by atoms with Gasteiger partial charge in [0.1, 0.15) is 12.4 Å². The third-order valence-electron chi connectivity index (χ3n) is 5.11. The molecule has 2 aromatic rings. The van der Waals surface area contributed by atoms with Crippen molar-refractivity contribution in [2.75, 3.05) is 13.7 Å².